The molecule has 0 aliphatic heterocycles. The van der Waals surface area contributed by atoms with Crippen molar-refractivity contribution in [1.29, 1.82) is 0 Å². The van der Waals surface area contributed by atoms with Crippen LogP contribution >= 0.6 is 0 Å². The normalized spacial score (nSPS) is 12.0. The molecule has 0 amide bonds. The molecule has 0 nitrogen and oxygen atoms in total. The quantitative estimate of drug-likeness (QED) is 0.179. The van der Waals surface area contributed by atoms with Gasteiger partial charge < -0.3 is 0 Å². The Kier molecular flexibility index (Phi) is 19.3. The van der Waals surface area contributed by atoms with Crippen LogP contribution in [0.5, 0.6) is 0 Å². The summed E-state index contributed by atoms with van der Waals surface area (Å²) in [6.07, 6.45) is 11.9. The van der Waals surface area contributed by atoms with Crippen LogP contribution in [0.2, 0.25) is 33.9 Å². The second-order valence-electron chi connectivity index (χ2n) is 8.91. The maximum absolute atomic E-state index is 2.41. The second-order valence-corrected chi connectivity index (χ2v) is 51.7. The molecule has 0 aromatic heterocycles. The fourth-order valence-electron chi connectivity index (χ4n) is 2.96. The van der Waals surface area contributed by atoms with E-state index in [9.17, 15) is 0 Å². The number of hydrogen-bond acceptors (Lipinski definition) is 0. The average molecular weight is 703 g/mol. The van der Waals surface area contributed by atoms with Crippen LogP contribution in [-0.4, -0.2) is 42.3 Å². The van der Waals surface area contributed by atoms with E-state index in [2.05, 4.69) is 45.6 Å². The molecular weight excluding hydrogens is 655 g/mol. The summed E-state index contributed by atoms with van der Waals surface area (Å²) in [5.41, 5.74) is 0. The van der Waals surface area contributed by atoms with Crippen LogP contribution in [0.15, 0.2) is 0 Å². The molecule has 0 aromatic carbocycles. The molecule has 0 atom stereocenters. The average Bonchev–Trinajstić information content (AvgIpc) is 2.44. The molecule has 136 valence electrons. The molecule has 0 saturated heterocycles. The first-order chi connectivity index (χ1) is 10.2. The molecule has 0 spiro atoms. The van der Waals surface area contributed by atoms with E-state index in [0.29, 0.717) is 0 Å². The fourth-order valence-corrected chi connectivity index (χ4v) is 25.9. The van der Waals surface area contributed by atoms with E-state index in [-0.39, 0.29) is 0 Å². The van der Waals surface area contributed by atoms with Crippen molar-refractivity contribution in [1.82, 2.24) is 0 Å². The van der Waals surface area contributed by atoms with Gasteiger partial charge in [0.2, 0.25) is 0 Å². The van der Waals surface area contributed by atoms with Gasteiger partial charge in [-0.2, -0.15) is 0 Å². The van der Waals surface area contributed by atoms with Crippen molar-refractivity contribution in [3.8, 4) is 0 Å². The molecule has 0 heterocycles. The first kappa shape index (κ1) is 26.1. The SMILES string of the molecule is CCC[CH2][Pb]([CH2]CCC)([CH2]CCC)[CH2]CCC.[CH3][Pb]([CH3])([CH3])[CH3]. The first-order valence-corrected chi connectivity index (χ1v) is 36.8. The van der Waals surface area contributed by atoms with Crippen molar-refractivity contribution in [2.45, 2.75) is 113 Å². The van der Waals surface area contributed by atoms with Crippen LogP contribution in [0.4, 0.5) is 0 Å². The van der Waals surface area contributed by atoms with E-state index in [1.807, 2.05) is 0 Å². The van der Waals surface area contributed by atoms with Crippen molar-refractivity contribution < 1.29 is 0 Å². The van der Waals surface area contributed by atoms with Crippen molar-refractivity contribution in [2.75, 3.05) is 0 Å². The van der Waals surface area contributed by atoms with Gasteiger partial charge in [-0.1, -0.05) is 0 Å². The summed E-state index contributed by atoms with van der Waals surface area (Å²) < 4.78 is 16.5. The molecule has 0 aliphatic rings. The van der Waals surface area contributed by atoms with Crippen LogP contribution < -0.4 is 0 Å². The number of unbranched alkanes of at least 4 members (excludes halogenated alkanes) is 4. The molecule has 0 bridgehead atoms. The van der Waals surface area contributed by atoms with Gasteiger partial charge in [-0.25, -0.2) is 0 Å². The van der Waals surface area contributed by atoms with E-state index >= 15 is 0 Å². The predicted molar refractivity (Wildman–Crippen MR) is 114 cm³/mol. The molecule has 2 heteroatoms. The van der Waals surface area contributed by atoms with E-state index in [0.717, 1.165) is 0 Å². The monoisotopic (exact) mass is 704 g/mol. The molecule has 0 fully saturated rings. The predicted octanol–water partition coefficient (Wildman–Crippen LogP) is 8.59. The molecular formula is C20H48Pb2. The molecule has 22 heavy (non-hydrogen) atoms. The third-order valence-corrected chi connectivity index (χ3v) is 26.2. The molecule has 0 aromatic rings. The first-order valence-electron chi connectivity index (χ1n) is 10.2. The molecule has 0 N–H and O–H groups in total. The summed E-state index contributed by atoms with van der Waals surface area (Å²) in [6, 6.07) is 0. The second kappa shape index (κ2) is 16.3. The zero-order valence-electron chi connectivity index (χ0n) is 17.5. The van der Waals surface area contributed by atoms with Crippen molar-refractivity contribution in [3.63, 3.8) is 0 Å². The van der Waals surface area contributed by atoms with E-state index < -0.39 is 42.3 Å². The minimum absolute atomic E-state index is 1.28. The molecule has 0 aliphatic carbocycles. The van der Waals surface area contributed by atoms with Gasteiger partial charge in [0.1, 0.15) is 0 Å². The molecule has 0 unspecified atom stereocenters. The van der Waals surface area contributed by atoms with Gasteiger partial charge in [0.15, 0.2) is 0 Å². The Morgan fingerprint density at radius 2 is 0.636 bits per heavy atom. The Balaban J connectivity index is 0. The summed E-state index contributed by atoms with van der Waals surface area (Å²) in [7, 11) is 0. The Morgan fingerprint density at radius 1 is 0.455 bits per heavy atom. The van der Waals surface area contributed by atoms with Gasteiger partial charge in [-0.3, -0.25) is 0 Å². The fraction of sp³-hybridized carbons (Fsp3) is 1.00. The van der Waals surface area contributed by atoms with Gasteiger partial charge in [0, 0.05) is 0 Å². The standard InChI is InChI=1S/4C4H9.4CH3.2Pb/c4*1-3-4-2;;;;;;/h4*1,3-4H2,2H3;4*1H3;;. The Morgan fingerprint density at radius 3 is 0.773 bits per heavy atom. The summed E-state index contributed by atoms with van der Waals surface area (Å²) in [6.45, 7) is 9.49. The van der Waals surface area contributed by atoms with Crippen LogP contribution in [-0.2, 0) is 0 Å². The van der Waals surface area contributed by atoms with Crippen molar-refractivity contribution in [2.24, 2.45) is 0 Å². The van der Waals surface area contributed by atoms with E-state index in [4.69, 9.17) is 0 Å². The molecule has 0 rings (SSSR count). The number of hydrogen-bond donors (Lipinski definition) is 0. The van der Waals surface area contributed by atoms with E-state index in [1.165, 1.54) is 25.7 Å². The van der Waals surface area contributed by atoms with Gasteiger partial charge >= 0.3 is 155 Å². The number of rotatable bonds is 12. The van der Waals surface area contributed by atoms with Crippen LogP contribution in [0.3, 0.4) is 0 Å². The van der Waals surface area contributed by atoms with Gasteiger partial charge in [-0.15, -0.1) is 0 Å². The summed E-state index contributed by atoms with van der Waals surface area (Å²) in [4.78, 5) is 0. The molecule has 0 saturated carbocycles. The minimum atomic E-state index is -1.83. The van der Waals surface area contributed by atoms with E-state index in [1.54, 1.807) is 41.6 Å². The van der Waals surface area contributed by atoms with Crippen molar-refractivity contribution >= 4 is 42.3 Å². The summed E-state index contributed by atoms with van der Waals surface area (Å²) in [5, 5.41) is 0. The Bertz CT molecular complexity index is 175. The third-order valence-electron chi connectivity index (χ3n) is 4.24. The topological polar surface area (TPSA) is 0 Å². The third kappa shape index (κ3) is 19.9. The Hall–Kier alpha value is 1.84. The van der Waals surface area contributed by atoms with Crippen LogP contribution in [0.1, 0.15) is 79.1 Å². The summed E-state index contributed by atoms with van der Waals surface area (Å²) >= 11 is -3.11. The van der Waals surface area contributed by atoms with Crippen molar-refractivity contribution in [3.05, 3.63) is 0 Å². The summed E-state index contributed by atoms with van der Waals surface area (Å²) in [5.74, 6) is 0. The van der Waals surface area contributed by atoms with Gasteiger partial charge in [-0.05, 0) is 0 Å². The maximum atomic E-state index is 2.41. The van der Waals surface area contributed by atoms with Crippen LogP contribution in [0.25, 0.3) is 0 Å². The Labute approximate surface area is 153 Å². The molecule has 0 radical (unpaired) electrons. The van der Waals surface area contributed by atoms with Gasteiger partial charge in [0.25, 0.3) is 0 Å². The zero-order chi connectivity index (χ0) is 17.5. The van der Waals surface area contributed by atoms with Gasteiger partial charge in [0.05, 0.1) is 0 Å². The zero-order valence-corrected chi connectivity index (χ0v) is 25.3. The van der Waals surface area contributed by atoms with Crippen LogP contribution in [0, 0.1) is 0 Å².